The maximum Gasteiger partial charge on any atom is 0.222 e. The number of amides is 1. The van der Waals surface area contributed by atoms with Gasteiger partial charge in [-0.15, -0.1) is 11.3 Å². The molecule has 3 rings (SSSR count). The van der Waals surface area contributed by atoms with Crippen LogP contribution in [0.3, 0.4) is 0 Å². The maximum atomic E-state index is 12.5. The van der Waals surface area contributed by atoms with Crippen LogP contribution in [-0.2, 0) is 4.79 Å². The summed E-state index contributed by atoms with van der Waals surface area (Å²) in [5.41, 5.74) is 0. The van der Waals surface area contributed by atoms with Gasteiger partial charge < -0.3 is 4.90 Å². The number of nitrogens with zero attached hydrogens (tertiary/aromatic N) is 1. The number of thiophene rings is 1. The summed E-state index contributed by atoms with van der Waals surface area (Å²) in [5, 5.41) is 2.75. The highest BCUT2D eigenvalue weighted by molar-refractivity contribution is 7.99. The first-order valence-electron chi connectivity index (χ1n) is 8.25. The molecule has 2 heterocycles. The number of hydrogen-bond acceptors (Lipinski definition) is 3. The van der Waals surface area contributed by atoms with Gasteiger partial charge in [-0.2, -0.15) is 11.8 Å². The summed E-state index contributed by atoms with van der Waals surface area (Å²) in [4.78, 5) is 16.1. The van der Waals surface area contributed by atoms with E-state index < -0.39 is 0 Å². The molecular formula is C17H25NOS2. The first-order chi connectivity index (χ1) is 10.3. The Morgan fingerprint density at radius 3 is 2.81 bits per heavy atom. The first-order valence-corrected chi connectivity index (χ1v) is 10.2. The summed E-state index contributed by atoms with van der Waals surface area (Å²) < 4.78 is 0. The van der Waals surface area contributed by atoms with E-state index in [4.69, 9.17) is 0 Å². The quantitative estimate of drug-likeness (QED) is 0.802. The first kappa shape index (κ1) is 15.4. The molecule has 0 N–H and O–H groups in total. The molecule has 116 valence electrons. The van der Waals surface area contributed by atoms with E-state index in [1.807, 2.05) is 23.1 Å². The molecule has 0 bridgehead atoms. The maximum absolute atomic E-state index is 12.5. The molecule has 1 aliphatic heterocycles. The van der Waals surface area contributed by atoms with E-state index in [-0.39, 0.29) is 0 Å². The average molecular weight is 324 g/mol. The van der Waals surface area contributed by atoms with Crippen LogP contribution in [0.2, 0.25) is 0 Å². The van der Waals surface area contributed by atoms with Crippen molar-refractivity contribution in [1.82, 2.24) is 4.90 Å². The van der Waals surface area contributed by atoms with Gasteiger partial charge in [-0.1, -0.05) is 25.3 Å². The molecule has 2 aliphatic rings. The van der Waals surface area contributed by atoms with Crippen molar-refractivity contribution < 1.29 is 4.79 Å². The molecule has 2 fully saturated rings. The van der Waals surface area contributed by atoms with Crippen LogP contribution in [0, 0.1) is 5.92 Å². The van der Waals surface area contributed by atoms with Crippen LogP contribution in [0.25, 0.3) is 0 Å². The molecule has 1 saturated heterocycles. The topological polar surface area (TPSA) is 20.3 Å². The molecule has 1 unspecified atom stereocenters. The fraction of sp³-hybridized carbons (Fsp3) is 0.706. The van der Waals surface area contributed by atoms with Crippen molar-refractivity contribution >= 4 is 29.0 Å². The monoisotopic (exact) mass is 323 g/mol. The second-order valence-corrected chi connectivity index (χ2v) is 8.54. The molecule has 2 nitrogen and oxygen atoms in total. The highest BCUT2D eigenvalue weighted by Gasteiger charge is 2.25. The smallest absolute Gasteiger partial charge is 0.222 e. The predicted molar refractivity (Wildman–Crippen MR) is 91.9 cm³/mol. The van der Waals surface area contributed by atoms with E-state index in [2.05, 4.69) is 22.4 Å². The highest BCUT2D eigenvalue weighted by atomic mass is 32.2. The summed E-state index contributed by atoms with van der Waals surface area (Å²) in [6.45, 7) is 1.89. The second-order valence-electron chi connectivity index (χ2n) is 6.25. The Bertz CT molecular complexity index is 440. The molecule has 1 saturated carbocycles. The molecule has 1 aromatic rings. The minimum absolute atomic E-state index is 0.411. The van der Waals surface area contributed by atoms with Crippen molar-refractivity contribution in [2.45, 2.75) is 50.2 Å². The lowest BCUT2D eigenvalue weighted by Crippen LogP contribution is -2.34. The molecule has 1 amide bonds. The van der Waals surface area contributed by atoms with Gasteiger partial charge in [0, 0.05) is 35.4 Å². The molecule has 0 radical (unpaired) electrons. The number of carbonyl (C=O) groups is 1. The molecular weight excluding hydrogens is 298 g/mol. The van der Waals surface area contributed by atoms with Crippen molar-refractivity contribution in [3.8, 4) is 0 Å². The van der Waals surface area contributed by atoms with Crippen molar-refractivity contribution in [3.63, 3.8) is 0 Å². The zero-order valence-corrected chi connectivity index (χ0v) is 14.3. The third-order valence-corrected chi connectivity index (χ3v) is 7.19. The van der Waals surface area contributed by atoms with Gasteiger partial charge in [-0.25, -0.2) is 0 Å². The van der Waals surface area contributed by atoms with Crippen LogP contribution in [0.5, 0.6) is 0 Å². The Kier molecular flexibility index (Phi) is 5.64. The fourth-order valence-corrected chi connectivity index (χ4v) is 5.73. The number of carbonyl (C=O) groups excluding carboxylic acids is 1. The van der Waals surface area contributed by atoms with Crippen molar-refractivity contribution in [2.75, 3.05) is 18.8 Å². The number of rotatable bonds is 3. The van der Waals surface area contributed by atoms with Crippen LogP contribution in [-0.4, -0.2) is 29.6 Å². The standard InChI is InChI=1S/C17H25NOS2/c19-17(13-14-5-2-1-3-6-14)18-9-8-16(21-12-10-18)15-7-4-11-20-15/h4,7,11,14,16H,1-3,5-6,8-10,12-13H2. The largest absolute Gasteiger partial charge is 0.342 e. The Balaban J connectivity index is 1.51. The predicted octanol–water partition coefficient (Wildman–Crippen LogP) is 4.73. The van der Waals surface area contributed by atoms with E-state index in [0.29, 0.717) is 17.1 Å². The minimum Gasteiger partial charge on any atom is -0.342 e. The molecule has 1 atom stereocenters. The lowest BCUT2D eigenvalue weighted by Gasteiger charge is -2.25. The van der Waals surface area contributed by atoms with Crippen LogP contribution in [0.1, 0.15) is 55.1 Å². The minimum atomic E-state index is 0.411. The molecule has 1 aliphatic carbocycles. The molecule has 0 aromatic carbocycles. The average Bonchev–Trinajstić information content (AvgIpc) is 2.93. The van der Waals surface area contributed by atoms with Crippen LogP contribution < -0.4 is 0 Å². The molecule has 0 spiro atoms. The third kappa shape index (κ3) is 4.26. The van der Waals surface area contributed by atoms with Crippen molar-refractivity contribution in [1.29, 1.82) is 0 Å². The van der Waals surface area contributed by atoms with Crippen LogP contribution in [0.4, 0.5) is 0 Å². The Morgan fingerprint density at radius 1 is 1.19 bits per heavy atom. The van der Waals surface area contributed by atoms with Gasteiger partial charge >= 0.3 is 0 Å². The molecule has 21 heavy (non-hydrogen) atoms. The van der Waals surface area contributed by atoms with Gasteiger partial charge in [-0.3, -0.25) is 4.79 Å². The van der Waals surface area contributed by atoms with E-state index in [0.717, 1.165) is 31.7 Å². The Labute approximate surface area is 136 Å². The van der Waals surface area contributed by atoms with Crippen molar-refractivity contribution in [2.24, 2.45) is 5.92 Å². The lowest BCUT2D eigenvalue weighted by molar-refractivity contribution is -0.132. The third-order valence-electron chi connectivity index (χ3n) is 4.74. The van der Waals surface area contributed by atoms with E-state index in [1.54, 1.807) is 0 Å². The van der Waals surface area contributed by atoms with Gasteiger partial charge in [0.2, 0.25) is 5.91 Å². The van der Waals surface area contributed by atoms with E-state index in [9.17, 15) is 4.79 Å². The van der Waals surface area contributed by atoms with Gasteiger partial charge in [0.05, 0.1) is 0 Å². The summed E-state index contributed by atoms with van der Waals surface area (Å²) in [5.74, 6) is 2.16. The summed E-state index contributed by atoms with van der Waals surface area (Å²) in [7, 11) is 0. The van der Waals surface area contributed by atoms with Gasteiger partial charge in [-0.05, 0) is 36.6 Å². The van der Waals surface area contributed by atoms with Crippen molar-refractivity contribution in [3.05, 3.63) is 22.4 Å². The van der Waals surface area contributed by atoms with Gasteiger partial charge in [0.25, 0.3) is 0 Å². The molecule has 1 aromatic heterocycles. The second kappa shape index (κ2) is 7.68. The Morgan fingerprint density at radius 2 is 2.05 bits per heavy atom. The highest BCUT2D eigenvalue weighted by Crippen LogP contribution is 2.37. The fourth-order valence-electron chi connectivity index (χ4n) is 3.49. The summed E-state index contributed by atoms with van der Waals surface area (Å²) in [6.07, 6.45) is 8.48. The summed E-state index contributed by atoms with van der Waals surface area (Å²) in [6, 6.07) is 4.37. The number of hydrogen-bond donors (Lipinski definition) is 0. The normalized spacial score (nSPS) is 24.8. The lowest BCUT2D eigenvalue weighted by atomic mass is 9.86. The van der Waals surface area contributed by atoms with Gasteiger partial charge in [0.15, 0.2) is 0 Å². The Hall–Kier alpha value is -0.480. The zero-order valence-electron chi connectivity index (χ0n) is 12.6. The van der Waals surface area contributed by atoms with Crippen LogP contribution >= 0.6 is 23.1 Å². The van der Waals surface area contributed by atoms with E-state index >= 15 is 0 Å². The molecule has 4 heteroatoms. The number of thioether (sulfide) groups is 1. The zero-order chi connectivity index (χ0) is 14.5. The SMILES string of the molecule is O=C(CC1CCCCC1)N1CCSC(c2cccs2)CC1. The van der Waals surface area contributed by atoms with Gasteiger partial charge in [0.1, 0.15) is 0 Å². The van der Waals surface area contributed by atoms with E-state index in [1.165, 1.54) is 37.0 Å². The summed E-state index contributed by atoms with van der Waals surface area (Å²) >= 11 is 3.88. The van der Waals surface area contributed by atoms with Crippen LogP contribution in [0.15, 0.2) is 17.5 Å².